The molecule has 0 unspecified atom stereocenters. The first-order valence-electron chi connectivity index (χ1n) is 7.79. The third-order valence-corrected chi connectivity index (χ3v) is 3.98. The fraction of sp³-hybridized carbons (Fsp3) is 0.294. The number of hydrogen-bond acceptors (Lipinski definition) is 4. The van der Waals surface area contributed by atoms with Gasteiger partial charge >= 0.3 is 0 Å². The quantitative estimate of drug-likeness (QED) is 0.775. The number of rotatable bonds is 5. The van der Waals surface area contributed by atoms with E-state index in [1.807, 2.05) is 49.9 Å². The van der Waals surface area contributed by atoms with E-state index in [0.717, 1.165) is 22.9 Å². The molecule has 0 atom stereocenters. The zero-order chi connectivity index (χ0) is 17.1. The van der Waals surface area contributed by atoms with Crippen LogP contribution in [-0.2, 0) is 13.6 Å². The number of nitrogens with one attached hydrogen (secondary N) is 1. The Morgan fingerprint density at radius 1 is 1.21 bits per heavy atom. The second-order valence-electron chi connectivity index (χ2n) is 5.58. The van der Waals surface area contributed by atoms with E-state index in [1.165, 1.54) is 0 Å². The van der Waals surface area contributed by atoms with Gasteiger partial charge in [-0.05, 0) is 26.0 Å². The van der Waals surface area contributed by atoms with Crippen molar-refractivity contribution in [3.05, 3.63) is 53.7 Å². The Balaban J connectivity index is 1.66. The summed E-state index contributed by atoms with van der Waals surface area (Å²) in [7, 11) is 1.84. The molecule has 0 radical (unpaired) electrons. The van der Waals surface area contributed by atoms with Gasteiger partial charge in [0.05, 0.1) is 11.3 Å². The lowest BCUT2D eigenvalue weighted by atomic mass is 10.2. The Bertz CT molecular complexity index is 849. The topological polar surface area (TPSA) is 77.6 Å². The minimum atomic E-state index is -0.0994. The van der Waals surface area contributed by atoms with E-state index in [0.29, 0.717) is 18.7 Å². The zero-order valence-corrected chi connectivity index (χ0v) is 14.0. The van der Waals surface area contributed by atoms with Crippen LogP contribution in [0.2, 0.25) is 0 Å². The predicted molar refractivity (Wildman–Crippen MR) is 90.5 cm³/mol. The standard InChI is InChI=1S/C17H20N6O/c1-12-15(13(2)22(3)21-12)17(24)20-9-11-23-10-8-19-16(23)14-6-4-5-7-18-14/h4-8,10H,9,11H2,1-3H3,(H,20,24). The van der Waals surface area contributed by atoms with Gasteiger partial charge in [0.2, 0.25) is 0 Å². The van der Waals surface area contributed by atoms with Gasteiger partial charge in [-0.2, -0.15) is 5.10 Å². The van der Waals surface area contributed by atoms with Gasteiger partial charge in [0.1, 0.15) is 5.69 Å². The van der Waals surface area contributed by atoms with E-state index >= 15 is 0 Å². The molecule has 0 saturated heterocycles. The summed E-state index contributed by atoms with van der Waals surface area (Å²) in [6.45, 7) is 4.86. The monoisotopic (exact) mass is 324 g/mol. The highest BCUT2D eigenvalue weighted by molar-refractivity contribution is 5.96. The van der Waals surface area contributed by atoms with Crippen molar-refractivity contribution in [3.8, 4) is 11.5 Å². The number of nitrogens with zero attached hydrogens (tertiary/aromatic N) is 5. The molecule has 0 saturated carbocycles. The number of carbonyl (C=O) groups excluding carboxylic acids is 1. The molecule has 0 aliphatic carbocycles. The normalized spacial score (nSPS) is 10.8. The van der Waals surface area contributed by atoms with Gasteiger partial charge in [-0.1, -0.05) is 6.07 Å². The van der Waals surface area contributed by atoms with Crippen LogP contribution in [0.3, 0.4) is 0 Å². The van der Waals surface area contributed by atoms with Crippen molar-refractivity contribution in [2.45, 2.75) is 20.4 Å². The van der Waals surface area contributed by atoms with Gasteiger partial charge in [0, 0.05) is 44.4 Å². The number of carbonyl (C=O) groups is 1. The lowest BCUT2D eigenvalue weighted by molar-refractivity contribution is 0.0951. The van der Waals surface area contributed by atoms with Crippen LogP contribution in [0, 0.1) is 13.8 Å². The summed E-state index contributed by atoms with van der Waals surface area (Å²) in [6.07, 6.45) is 5.36. The molecular formula is C17H20N6O. The Kier molecular flexibility index (Phi) is 4.41. The number of hydrogen-bond donors (Lipinski definition) is 1. The van der Waals surface area contributed by atoms with E-state index in [4.69, 9.17) is 0 Å². The van der Waals surface area contributed by atoms with Gasteiger partial charge in [0.15, 0.2) is 5.82 Å². The van der Waals surface area contributed by atoms with Crippen molar-refractivity contribution in [2.75, 3.05) is 6.54 Å². The number of aromatic nitrogens is 5. The van der Waals surface area contributed by atoms with Crippen molar-refractivity contribution in [3.63, 3.8) is 0 Å². The van der Waals surface area contributed by atoms with Gasteiger partial charge in [-0.25, -0.2) is 4.98 Å². The van der Waals surface area contributed by atoms with Crippen LogP contribution in [-0.4, -0.2) is 36.8 Å². The summed E-state index contributed by atoms with van der Waals surface area (Å²) < 4.78 is 3.70. The number of imidazole rings is 1. The van der Waals surface area contributed by atoms with E-state index < -0.39 is 0 Å². The van der Waals surface area contributed by atoms with Gasteiger partial charge in [0.25, 0.3) is 5.91 Å². The highest BCUT2D eigenvalue weighted by Gasteiger charge is 2.16. The molecule has 0 bridgehead atoms. The summed E-state index contributed by atoms with van der Waals surface area (Å²) >= 11 is 0. The number of aryl methyl sites for hydroxylation is 2. The molecule has 3 rings (SSSR count). The molecule has 3 aromatic rings. The first kappa shape index (κ1) is 15.9. The highest BCUT2D eigenvalue weighted by Crippen LogP contribution is 2.14. The fourth-order valence-corrected chi connectivity index (χ4v) is 2.70. The molecule has 1 amide bonds. The lowest BCUT2D eigenvalue weighted by Gasteiger charge is -2.09. The van der Waals surface area contributed by atoms with Crippen LogP contribution in [0.4, 0.5) is 0 Å². The molecule has 7 nitrogen and oxygen atoms in total. The van der Waals surface area contributed by atoms with Crippen molar-refractivity contribution in [1.82, 2.24) is 29.6 Å². The van der Waals surface area contributed by atoms with E-state index in [-0.39, 0.29) is 5.91 Å². The average Bonchev–Trinajstić information content (AvgIpc) is 3.13. The fourth-order valence-electron chi connectivity index (χ4n) is 2.70. The smallest absolute Gasteiger partial charge is 0.255 e. The van der Waals surface area contributed by atoms with Crippen molar-refractivity contribution in [2.24, 2.45) is 7.05 Å². The summed E-state index contributed by atoms with van der Waals surface area (Å²) in [6, 6.07) is 5.71. The molecule has 0 aliphatic heterocycles. The second kappa shape index (κ2) is 6.66. The Hall–Kier alpha value is -2.96. The van der Waals surface area contributed by atoms with Gasteiger partial charge < -0.3 is 9.88 Å². The molecule has 0 aromatic carbocycles. The number of amides is 1. The molecule has 3 aromatic heterocycles. The van der Waals surface area contributed by atoms with Crippen LogP contribution < -0.4 is 5.32 Å². The zero-order valence-electron chi connectivity index (χ0n) is 14.0. The summed E-state index contributed by atoms with van der Waals surface area (Å²) in [5.41, 5.74) is 3.06. The van der Waals surface area contributed by atoms with Gasteiger partial charge in [-0.15, -0.1) is 0 Å². The minimum absolute atomic E-state index is 0.0994. The molecule has 0 fully saturated rings. The van der Waals surface area contributed by atoms with E-state index in [9.17, 15) is 4.79 Å². The molecule has 3 heterocycles. The van der Waals surface area contributed by atoms with Crippen molar-refractivity contribution < 1.29 is 4.79 Å². The van der Waals surface area contributed by atoms with E-state index in [1.54, 1.807) is 17.1 Å². The molecule has 24 heavy (non-hydrogen) atoms. The number of pyridine rings is 1. The second-order valence-corrected chi connectivity index (χ2v) is 5.58. The molecule has 7 heteroatoms. The maximum Gasteiger partial charge on any atom is 0.255 e. The summed E-state index contributed by atoms with van der Waals surface area (Å²) in [5.74, 6) is 0.691. The maximum absolute atomic E-state index is 12.4. The molecular weight excluding hydrogens is 304 g/mol. The first-order valence-corrected chi connectivity index (χ1v) is 7.79. The minimum Gasteiger partial charge on any atom is -0.350 e. The highest BCUT2D eigenvalue weighted by atomic mass is 16.1. The summed E-state index contributed by atoms with van der Waals surface area (Å²) in [4.78, 5) is 21.0. The Morgan fingerprint density at radius 2 is 2.04 bits per heavy atom. The van der Waals surface area contributed by atoms with Crippen molar-refractivity contribution >= 4 is 5.91 Å². The third kappa shape index (κ3) is 3.05. The third-order valence-electron chi connectivity index (χ3n) is 3.98. The van der Waals surface area contributed by atoms with Gasteiger partial charge in [-0.3, -0.25) is 14.5 Å². The predicted octanol–water partition coefficient (Wildman–Crippen LogP) is 1.73. The maximum atomic E-state index is 12.4. The van der Waals surface area contributed by atoms with Crippen LogP contribution in [0.5, 0.6) is 0 Å². The molecule has 124 valence electrons. The first-order chi connectivity index (χ1) is 11.6. The Morgan fingerprint density at radius 3 is 2.71 bits per heavy atom. The van der Waals surface area contributed by atoms with E-state index in [2.05, 4.69) is 20.4 Å². The molecule has 0 aliphatic rings. The largest absolute Gasteiger partial charge is 0.350 e. The Labute approximate surface area is 140 Å². The SMILES string of the molecule is Cc1nn(C)c(C)c1C(=O)NCCn1ccnc1-c1ccccn1. The van der Waals surface area contributed by atoms with Crippen LogP contribution in [0.1, 0.15) is 21.7 Å². The molecule has 0 spiro atoms. The van der Waals surface area contributed by atoms with Crippen LogP contribution >= 0.6 is 0 Å². The molecule has 1 N–H and O–H groups in total. The lowest BCUT2D eigenvalue weighted by Crippen LogP contribution is -2.28. The van der Waals surface area contributed by atoms with Crippen LogP contribution in [0.25, 0.3) is 11.5 Å². The average molecular weight is 324 g/mol. The van der Waals surface area contributed by atoms with Crippen LogP contribution in [0.15, 0.2) is 36.8 Å². The summed E-state index contributed by atoms with van der Waals surface area (Å²) in [5, 5.41) is 7.23. The van der Waals surface area contributed by atoms with Crippen molar-refractivity contribution in [1.29, 1.82) is 0 Å².